The molecule has 7 nitrogen and oxygen atoms in total. The topological polar surface area (TPSA) is 80.6 Å². The average molecular weight is 491 g/mol. The van der Waals surface area contributed by atoms with Crippen LogP contribution >= 0.6 is 11.8 Å². The minimum absolute atomic E-state index is 0.000735. The monoisotopic (exact) mass is 490 g/mol. The van der Waals surface area contributed by atoms with E-state index in [-0.39, 0.29) is 29.2 Å². The van der Waals surface area contributed by atoms with Crippen molar-refractivity contribution in [3.05, 3.63) is 53.7 Å². The number of anilines is 1. The number of phenols is 1. The van der Waals surface area contributed by atoms with Crippen molar-refractivity contribution in [2.45, 2.75) is 32.5 Å². The van der Waals surface area contributed by atoms with Gasteiger partial charge in [-0.2, -0.15) is 8.78 Å². The Morgan fingerprint density at radius 3 is 2.76 bits per heavy atom. The molecule has 10 heteroatoms. The zero-order valence-electron chi connectivity index (χ0n) is 18.4. The summed E-state index contributed by atoms with van der Waals surface area (Å²) in [5, 5.41) is 10.4. The summed E-state index contributed by atoms with van der Waals surface area (Å²) >= 11 is 1.40. The predicted molar refractivity (Wildman–Crippen MR) is 127 cm³/mol. The van der Waals surface area contributed by atoms with Crippen LogP contribution < -0.4 is 14.4 Å². The molecule has 2 aliphatic rings. The molecule has 1 fully saturated rings. The maximum Gasteiger partial charge on any atom is 0.387 e. The van der Waals surface area contributed by atoms with Gasteiger partial charge in [0.25, 0.3) is 5.91 Å². The van der Waals surface area contributed by atoms with E-state index >= 15 is 0 Å². The number of amides is 1. The van der Waals surface area contributed by atoms with E-state index < -0.39 is 6.61 Å². The molecule has 0 aromatic heterocycles. The van der Waals surface area contributed by atoms with Crippen LogP contribution in [0.2, 0.25) is 0 Å². The van der Waals surface area contributed by atoms with Gasteiger partial charge in [0.1, 0.15) is 11.4 Å². The molecule has 2 aromatic rings. The third kappa shape index (κ3) is 5.68. The highest BCUT2D eigenvalue weighted by Gasteiger charge is 2.33. The third-order valence-electron chi connectivity index (χ3n) is 5.16. The Labute approximate surface area is 200 Å². The summed E-state index contributed by atoms with van der Waals surface area (Å²) in [6.45, 7) is -0.0178. The molecule has 1 atom stereocenters. The van der Waals surface area contributed by atoms with Crippen molar-refractivity contribution in [2.24, 2.45) is 4.99 Å². The lowest BCUT2D eigenvalue weighted by Gasteiger charge is -2.19. The summed E-state index contributed by atoms with van der Waals surface area (Å²) in [5.74, 6) is 0.593. The second kappa shape index (κ2) is 10.9. The van der Waals surface area contributed by atoms with Crippen molar-refractivity contribution in [2.75, 3.05) is 23.9 Å². The van der Waals surface area contributed by atoms with Crippen LogP contribution in [0.15, 0.2) is 53.2 Å². The molecule has 0 bridgehead atoms. The van der Waals surface area contributed by atoms with Gasteiger partial charge in [-0.1, -0.05) is 17.8 Å². The van der Waals surface area contributed by atoms with Crippen molar-refractivity contribution in [1.82, 2.24) is 0 Å². The first-order chi connectivity index (χ1) is 16.4. The van der Waals surface area contributed by atoms with Crippen LogP contribution in [0.1, 0.15) is 25.3 Å². The molecule has 2 aliphatic heterocycles. The number of aromatic hydroxyl groups is 1. The van der Waals surface area contributed by atoms with Crippen LogP contribution in [0.5, 0.6) is 17.2 Å². The first-order valence-electron chi connectivity index (χ1n) is 10.8. The number of carbonyl (C=O) groups is 1. The van der Waals surface area contributed by atoms with Crippen molar-refractivity contribution in [3.63, 3.8) is 0 Å². The average Bonchev–Trinajstić information content (AvgIpc) is 3.43. The van der Waals surface area contributed by atoms with Gasteiger partial charge < -0.3 is 19.3 Å². The summed E-state index contributed by atoms with van der Waals surface area (Å²) in [6, 6.07) is 10.6. The summed E-state index contributed by atoms with van der Waals surface area (Å²) in [6.07, 6.45) is 3.65. The largest absolute Gasteiger partial charge is 0.504 e. The third-order valence-corrected chi connectivity index (χ3v) is 6.23. The molecule has 1 amide bonds. The van der Waals surface area contributed by atoms with E-state index in [0.717, 1.165) is 19.4 Å². The molecule has 1 saturated heterocycles. The second-order valence-corrected chi connectivity index (χ2v) is 8.53. The number of aliphatic imine (C=N–C) groups is 1. The lowest BCUT2D eigenvalue weighted by Crippen LogP contribution is -2.31. The Bertz CT molecular complexity index is 1090. The van der Waals surface area contributed by atoms with E-state index in [9.17, 15) is 18.7 Å². The van der Waals surface area contributed by atoms with Gasteiger partial charge >= 0.3 is 6.61 Å². The minimum Gasteiger partial charge on any atom is -0.504 e. The second-order valence-electron chi connectivity index (χ2n) is 7.54. The van der Waals surface area contributed by atoms with Crippen LogP contribution in [0.3, 0.4) is 0 Å². The van der Waals surface area contributed by atoms with Crippen LogP contribution in [0.25, 0.3) is 6.08 Å². The number of benzene rings is 2. The summed E-state index contributed by atoms with van der Waals surface area (Å²) in [7, 11) is 0. The zero-order chi connectivity index (χ0) is 24.1. The zero-order valence-corrected chi connectivity index (χ0v) is 19.3. The molecule has 1 N–H and O–H groups in total. The van der Waals surface area contributed by atoms with Crippen LogP contribution in [-0.4, -0.2) is 47.9 Å². The summed E-state index contributed by atoms with van der Waals surface area (Å²) < 4.78 is 40.5. The van der Waals surface area contributed by atoms with Gasteiger partial charge in [0.2, 0.25) is 0 Å². The molecule has 2 aromatic carbocycles. The number of thioether (sulfide) groups is 1. The van der Waals surface area contributed by atoms with E-state index in [2.05, 4.69) is 9.73 Å². The molecule has 0 aliphatic carbocycles. The fraction of sp³-hybridized carbons (Fsp3) is 0.333. The van der Waals surface area contributed by atoms with Gasteiger partial charge in [-0.05, 0) is 67.8 Å². The van der Waals surface area contributed by atoms with E-state index in [4.69, 9.17) is 9.47 Å². The summed E-state index contributed by atoms with van der Waals surface area (Å²) in [5.41, 5.74) is 1.32. The van der Waals surface area contributed by atoms with Gasteiger partial charge in [-0.25, -0.2) is 4.99 Å². The van der Waals surface area contributed by atoms with Crippen molar-refractivity contribution in [1.29, 1.82) is 0 Å². The van der Waals surface area contributed by atoms with E-state index in [1.54, 1.807) is 18.2 Å². The number of phenolic OH excluding ortho intramolecular Hbond substituents is 1. The number of rotatable bonds is 8. The quantitative estimate of drug-likeness (QED) is 0.522. The number of halogens is 2. The molecule has 1 unspecified atom stereocenters. The minimum atomic E-state index is -2.93. The van der Waals surface area contributed by atoms with Crippen molar-refractivity contribution >= 4 is 34.6 Å². The number of hydrogen-bond acceptors (Lipinski definition) is 7. The fourth-order valence-electron chi connectivity index (χ4n) is 3.59. The van der Waals surface area contributed by atoms with Crippen LogP contribution in [0.4, 0.5) is 14.5 Å². The number of hydrogen-bond donors (Lipinski definition) is 1. The summed E-state index contributed by atoms with van der Waals surface area (Å²) in [4.78, 5) is 19.3. The number of amidine groups is 1. The molecule has 4 rings (SSSR count). The van der Waals surface area contributed by atoms with E-state index in [0.29, 0.717) is 34.5 Å². The molecule has 0 saturated carbocycles. The van der Waals surface area contributed by atoms with Gasteiger partial charge in [0.05, 0.1) is 18.4 Å². The lowest BCUT2D eigenvalue weighted by molar-refractivity contribution is -0.113. The SMILES string of the molecule is CCOc1cc(/C=C2\N=C(SCC3CCCO3)N(c3ccc(OC(F)F)cc3)C2=O)ccc1O. The van der Waals surface area contributed by atoms with Gasteiger partial charge in [-0.15, -0.1) is 0 Å². The number of ether oxygens (including phenoxy) is 3. The fourth-order valence-corrected chi connectivity index (χ4v) is 4.67. The van der Waals surface area contributed by atoms with Crippen molar-refractivity contribution < 1.29 is 32.9 Å². The number of alkyl halides is 2. The lowest BCUT2D eigenvalue weighted by atomic mass is 10.1. The highest BCUT2D eigenvalue weighted by molar-refractivity contribution is 8.14. The Morgan fingerprint density at radius 2 is 2.09 bits per heavy atom. The Hall–Kier alpha value is -3.11. The molecule has 2 heterocycles. The van der Waals surface area contributed by atoms with E-state index in [1.807, 2.05) is 6.92 Å². The van der Waals surface area contributed by atoms with Gasteiger partial charge in [-0.3, -0.25) is 9.69 Å². The highest BCUT2D eigenvalue weighted by Crippen LogP contribution is 2.33. The van der Waals surface area contributed by atoms with Gasteiger partial charge in [0, 0.05) is 12.4 Å². The Morgan fingerprint density at radius 1 is 1.29 bits per heavy atom. The molecule has 0 radical (unpaired) electrons. The Kier molecular flexibility index (Phi) is 7.69. The molecule has 34 heavy (non-hydrogen) atoms. The highest BCUT2D eigenvalue weighted by atomic mass is 32.2. The Balaban J connectivity index is 1.62. The standard InChI is InChI=1S/C24H24F2N2O5S/c1-2-31-21-13-15(5-10-20(21)29)12-19-22(30)28(16-6-8-17(9-7-16)33-23(25)26)24(27-19)34-14-18-4-3-11-32-18/h5-10,12-13,18,23,29H,2-4,11,14H2,1H3/b19-12-. The van der Waals surface area contributed by atoms with Crippen LogP contribution in [0, 0.1) is 0 Å². The molecular formula is C24H24F2N2O5S. The number of nitrogens with zero attached hydrogens (tertiary/aromatic N) is 2. The van der Waals surface area contributed by atoms with Gasteiger partial charge in [0.15, 0.2) is 16.7 Å². The molecule has 180 valence electrons. The smallest absolute Gasteiger partial charge is 0.387 e. The van der Waals surface area contributed by atoms with Crippen molar-refractivity contribution in [3.8, 4) is 17.2 Å². The molecule has 0 spiro atoms. The van der Waals surface area contributed by atoms with E-state index in [1.165, 1.54) is 47.0 Å². The first-order valence-corrected chi connectivity index (χ1v) is 11.8. The first kappa shape index (κ1) is 24.0. The van der Waals surface area contributed by atoms with Crippen LogP contribution in [-0.2, 0) is 9.53 Å². The maximum absolute atomic E-state index is 13.3. The number of carbonyl (C=O) groups excluding carboxylic acids is 1. The molecular weight excluding hydrogens is 466 g/mol. The maximum atomic E-state index is 13.3. The normalized spacial score (nSPS) is 19.2. The predicted octanol–water partition coefficient (Wildman–Crippen LogP) is 5.05.